The van der Waals surface area contributed by atoms with E-state index < -0.39 is 0 Å². The van der Waals surface area contributed by atoms with Gasteiger partial charge in [-0.3, -0.25) is 14.5 Å². The molecule has 0 spiro atoms. The van der Waals surface area contributed by atoms with E-state index in [1.54, 1.807) is 0 Å². The Labute approximate surface area is 123 Å². The van der Waals surface area contributed by atoms with Crippen LogP contribution in [-0.2, 0) is 4.74 Å². The molecule has 1 aliphatic heterocycles. The van der Waals surface area contributed by atoms with Crippen molar-refractivity contribution in [3.05, 3.63) is 28.2 Å². The third-order valence-electron chi connectivity index (χ3n) is 3.34. The Bertz CT molecular complexity index is 501. The van der Waals surface area contributed by atoms with Gasteiger partial charge in [0.15, 0.2) is 0 Å². The number of amides is 1. The van der Waals surface area contributed by atoms with Gasteiger partial charge in [0.1, 0.15) is 5.69 Å². The SMILES string of the molecule is CC1CN(CCCNC(=O)c2ccc(=O)[nH]n2)CC(C)O1. The van der Waals surface area contributed by atoms with Crippen LogP contribution in [0.2, 0.25) is 0 Å². The number of ether oxygens (including phenoxy) is 1. The van der Waals surface area contributed by atoms with E-state index in [9.17, 15) is 9.59 Å². The first-order valence-corrected chi connectivity index (χ1v) is 7.26. The van der Waals surface area contributed by atoms with Gasteiger partial charge >= 0.3 is 0 Å². The van der Waals surface area contributed by atoms with Gasteiger partial charge in [-0.15, -0.1) is 0 Å². The number of carbonyl (C=O) groups excluding carboxylic acids is 1. The molecule has 0 aliphatic carbocycles. The smallest absolute Gasteiger partial charge is 0.271 e. The molecule has 2 rings (SSSR count). The van der Waals surface area contributed by atoms with Crippen molar-refractivity contribution in [2.75, 3.05) is 26.2 Å². The van der Waals surface area contributed by atoms with Gasteiger partial charge in [-0.2, -0.15) is 5.10 Å². The maximum atomic E-state index is 11.8. The predicted molar refractivity (Wildman–Crippen MR) is 78.3 cm³/mol. The van der Waals surface area contributed by atoms with Gasteiger partial charge in [0.05, 0.1) is 12.2 Å². The van der Waals surface area contributed by atoms with Gasteiger partial charge in [-0.25, -0.2) is 5.10 Å². The summed E-state index contributed by atoms with van der Waals surface area (Å²) in [5.74, 6) is -0.269. The van der Waals surface area contributed by atoms with Crippen LogP contribution >= 0.6 is 0 Å². The number of carbonyl (C=O) groups is 1. The summed E-state index contributed by atoms with van der Waals surface area (Å²) in [5, 5.41) is 8.73. The number of hydrogen-bond donors (Lipinski definition) is 2. The molecule has 7 nitrogen and oxygen atoms in total. The van der Waals surface area contributed by atoms with Crippen LogP contribution < -0.4 is 10.9 Å². The van der Waals surface area contributed by atoms with Crippen molar-refractivity contribution in [1.29, 1.82) is 0 Å². The maximum Gasteiger partial charge on any atom is 0.271 e. The zero-order chi connectivity index (χ0) is 15.2. The van der Waals surface area contributed by atoms with E-state index in [-0.39, 0.29) is 29.4 Å². The molecule has 21 heavy (non-hydrogen) atoms. The topological polar surface area (TPSA) is 87.3 Å². The van der Waals surface area contributed by atoms with E-state index in [0.717, 1.165) is 26.1 Å². The molecule has 1 aliphatic rings. The zero-order valence-corrected chi connectivity index (χ0v) is 12.5. The van der Waals surface area contributed by atoms with E-state index in [4.69, 9.17) is 4.74 Å². The van der Waals surface area contributed by atoms with E-state index in [0.29, 0.717) is 6.54 Å². The number of rotatable bonds is 5. The predicted octanol–water partition coefficient (Wildman–Crippen LogP) is -0.001000. The molecule has 2 unspecified atom stereocenters. The van der Waals surface area contributed by atoms with Crippen LogP contribution in [0.4, 0.5) is 0 Å². The number of aromatic amines is 1. The van der Waals surface area contributed by atoms with E-state index in [1.165, 1.54) is 12.1 Å². The minimum Gasteiger partial charge on any atom is -0.373 e. The summed E-state index contributed by atoms with van der Waals surface area (Å²) in [5.41, 5.74) is -0.0923. The Morgan fingerprint density at radius 1 is 1.43 bits per heavy atom. The summed E-state index contributed by atoms with van der Waals surface area (Å²) in [6.45, 7) is 7.52. The van der Waals surface area contributed by atoms with Crippen molar-refractivity contribution >= 4 is 5.91 Å². The first-order valence-electron chi connectivity index (χ1n) is 7.26. The number of nitrogens with zero attached hydrogens (tertiary/aromatic N) is 2. The molecule has 7 heteroatoms. The molecule has 1 fully saturated rings. The summed E-state index contributed by atoms with van der Waals surface area (Å²) in [4.78, 5) is 25.0. The van der Waals surface area contributed by atoms with Crippen molar-refractivity contribution < 1.29 is 9.53 Å². The third kappa shape index (κ3) is 4.95. The number of aromatic nitrogens is 2. The van der Waals surface area contributed by atoms with Gasteiger partial charge in [-0.1, -0.05) is 0 Å². The molecule has 2 N–H and O–H groups in total. The minimum atomic E-state index is -0.317. The van der Waals surface area contributed by atoms with Crippen molar-refractivity contribution in [3.63, 3.8) is 0 Å². The highest BCUT2D eigenvalue weighted by atomic mass is 16.5. The van der Waals surface area contributed by atoms with Crippen LogP contribution in [0.25, 0.3) is 0 Å². The van der Waals surface area contributed by atoms with E-state index in [1.807, 2.05) is 0 Å². The highest BCUT2D eigenvalue weighted by Gasteiger charge is 2.21. The molecule has 1 aromatic heterocycles. The van der Waals surface area contributed by atoms with Gasteiger partial charge in [-0.05, 0) is 26.3 Å². The number of morpholine rings is 1. The molecule has 2 heterocycles. The second-order valence-electron chi connectivity index (χ2n) is 5.43. The molecule has 0 radical (unpaired) electrons. The lowest BCUT2D eigenvalue weighted by Gasteiger charge is -2.35. The quantitative estimate of drug-likeness (QED) is 0.746. The lowest BCUT2D eigenvalue weighted by atomic mass is 10.2. The first kappa shape index (κ1) is 15.7. The van der Waals surface area contributed by atoms with E-state index in [2.05, 4.69) is 34.3 Å². The Kier molecular flexibility index (Phi) is 5.46. The van der Waals surface area contributed by atoms with Gasteiger partial charge in [0, 0.05) is 32.2 Å². The molecule has 2 atom stereocenters. The lowest BCUT2D eigenvalue weighted by molar-refractivity contribution is -0.0679. The summed E-state index contributed by atoms with van der Waals surface area (Å²) in [6, 6.07) is 2.71. The zero-order valence-electron chi connectivity index (χ0n) is 12.5. The molecule has 0 saturated carbocycles. The molecule has 1 amide bonds. The second-order valence-corrected chi connectivity index (χ2v) is 5.43. The van der Waals surface area contributed by atoms with Crippen LogP contribution in [0.5, 0.6) is 0 Å². The summed E-state index contributed by atoms with van der Waals surface area (Å²) in [6.07, 6.45) is 1.39. The fourth-order valence-electron chi connectivity index (χ4n) is 2.53. The molecule has 0 bridgehead atoms. The van der Waals surface area contributed by atoms with Crippen molar-refractivity contribution in [3.8, 4) is 0 Å². The summed E-state index contributed by atoms with van der Waals surface area (Å²) >= 11 is 0. The van der Waals surface area contributed by atoms with Crippen LogP contribution in [0.1, 0.15) is 30.8 Å². The van der Waals surface area contributed by atoms with Gasteiger partial charge < -0.3 is 10.1 Å². The van der Waals surface area contributed by atoms with Crippen molar-refractivity contribution in [2.24, 2.45) is 0 Å². The highest BCUT2D eigenvalue weighted by molar-refractivity contribution is 5.91. The molecule has 116 valence electrons. The summed E-state index contributed by atoms with van der Waals surface area (Å²) < 4.78 is 5.68. The molecule has 1 aromatic rings. The fourth-order valence-corrected chi connectivity index (χ4v) is 2.53. The number of H-pyrrole nitrogens is 1. The third-order valence-corrected chi connectivity index (χ3v) is 3.34. The molecule has 0 aromatic carbocycles. The standard InChI is InChI=1S/C14H22N4O3/c1-10-8-18(9-11(2)21-10)7-3-6-15-14(20)12-4-5-13(19)17-16-12/h4-5,10-11H,3,6-9H2,1-2H3,(H,15,20)(H,17,19). The van der Waals surface area contributed by atoms with Crippen LogP contribution in [0, 0.1) is 0 Å². The average Bonchev–Trinajstić information content (AvgIpc) is 2.43. The van der Waals surface area contributed by atoms with E-state index >= 15 is 0 Å². The van der Waals surface area contributed by atoms with Crippen LogP contribution in [0.3, 0.4) is 0 Å². The largest absolute Gasteiger partial charge is 0.373 e. The first-order chi connectivity index (χ1) is 10.0. The summed E-state index contributed by atoms with van der Waals surface area (Å²) in [7, 11) is 0. The normalized spacial score (nSPS) is 23.0. The molecule has 1 saturated heterocycles. The van der Waals surface area contributed by atoms with Crippen molar-refractivity contribution in [1.82, 2.24) is 20.4 Å². The van der Waals surface area contributed by atoms with Crippen LogP contribution in [-0.4, -0.2) is 59.4 Å². The van der Waals surface area contributed by atoms with Crippen LogP contribution in [0.15, 0.2) is 16.9 Å². The monoisotopic (exact) mass is 294 g/mol. The molecular weight excluding hydrogens is 272 g/mol. The minimum absolute atomic E-state index is 0.225. The number of hydrogen-bond acceptors (Lipinski definition) is 5. The van der Waals surface area contributed by atoms with Gasteiger partial charge in [0.2, 0.25) is 0 Å². The Hall–Kier alpha value is -1.73. The second kappa shape index (κ2) is 7.33. The highest BCUT2D eigenvalue weighted by Crippen LogP contribution is 2.10. The molecular formula is C14H22N4O3. The Morgan fingerprint density at radius 2 is 2.14 bits per heavy atom. The van der Waals surface area contributed by atoms with Gasteiger partial charge in [0.25, 0.3) is 11.5 Å². The fraction of sp³-hybridized carbons (Fsp3) is 0.643. The van der Waals surface area contributed by atoms with Crippen molar-refractivity contribution in [2.45, 2.75) is 32.5 Å². The Balaban J connectivity index is 1.68. The number of nitrogens with one attached hydrogen (secondary N) is 2. The average molecular weight is 294 g/mol. The maximum absolute atomic E-state index is 11.8. The lowest BCUT2D eigenvalue weighted by Crippen LogP contribution is -2.46. The Morgan fingerprint density at radius 3 is 2.76 bits per heavy atom.